The second-order valence-corrected chi connectivity index (χ2v) is 2.88. The number of hydrogen-bond donors (Lipinski definition) is 0. The zero-order valence-electron chi connectivity index (χ0n) is 8.33. The van der Waals surface area contributed by atoms with E-state index < -0.39 is 0 Å². The van der Waals surface area contributed by atoms with Crippen LogP contribution >= 0.6 is 0 Å². The van der Waals surface area contributed by atoms with Gasteiger partial charge in [0, 0.05) is 6.61 Å². The number of hydrogen-bond acceptors (Lipinski definition) is 2. The van der Waals surface area contributed by atoms with Crippen LogP contribution in [0, 0.1) is 5.82 Å². The minimum Gasteiger partial charge on any atom is -0.379 e. The van der Waals surface area contributed by atoms with Crippen molar-refractivity contribution in [3.63, 3.8) is 0 Å². The lowest BCUT2D eigenvalue weighted by molar-refractivity contribution is 0.0452. The SMILES string of the molecule is CCOCCOCc1cccc(F)c1. The molecule has 0 aliphatic heterocycles. The van der Waals surface area contributed by atoms with Crippen molar-refractivity contribution < 1.29 is 13.9 Å². The summed E-state index contributed by atoms with van der Waals surface area (Å²) in [6.07, 6.45) is 0. The summed E-state index contributed by atoms with van der Waals surface area (Å²) in [6.45, 7) is 4.21. The zero-order valence-corrected chi connectivity index (χ0v) is 8.33. The molecule has 2 nitrogen and oxygen atoms in total. The molecule has 78 valence electrons. The average molecular weight is 198 g/mol. The third-order valence-corrected chi connectivity index (χ3v) is 1.73. The van der Waals surface area contributed by atoms with Gasteiger partial charge in [-0.15, -0.1) is 0 Å². The number of ether oxygens (including phenoxy) is 2. The lowest BCUT2D eigenvalue weighted by atomic mass is 10.2. The van der Waals surface area contributed by atoms with Crippen LogP contribution in [0.5, 0.6) is 0 Å². The fourth-order valence-corrected chi connectivity index (χ4v) is 1.08. The highest BCUT2D eigenvalue weighted by Crippen LogP contribution is 2.04. The van der Waals surface area contributed by atoms with Gasteiger partial charge in [0.25, 0.3) is 0 Å². The standard InChI is InChI=1S/C11H15FO2/c1-2-13-6-7-14-9-10-4-3-5-11(12)8-10/h3-5,8H,2,6-7,9H2,1H3. The molecule has 0 saturated carbocycles. The molecule has 0 amide bonds. The molecule has 0 aliphatic rings. The van der Waals surface area contributed by atoms with E-state index in [4.69, 9.17) is 9.47 Å². The fourth-order valence-electron chi connectivity index (χ4n) is 1.08. The van der Waals surface area contributed by atoms with Crippen molar-refractivity contribution in [2.75, 3.05) is 19.8 Å². The number of rotatable bonds is 6. The normalized spacial score (nSPS) is 10.4. The van der Waals surface area contributed by atoms with Crippen LogP contribution in [0.2, 0.25) is 0 Å². The van der Waals surface area contributed by atoms with Gasteiger partial charge in [0.2, 0.25) is 0 Å². The summed E-state index contributed by atoms with van der Waals surface area (Å²) in [5.74, 6) is -0.226. The van der Waals surface area contributed by atoms with Crippen molar-refractivity contribution in [1.29, 1.82) is 0 Å². The van der Waals surface area contributed by atoms with Crippen LogP contribution < -0.4 is 0 Å². The molecule has 0 atom stereocenters. The molecular formula is C11H15FO2. The molecule has 1 rings (SSSR count). The molecule has 0 radical (unpaired) electrons. The van der Waals surface area contributed by atoms with E-state index in [-0.39, 0.29) is 5.82 Å². The summed E-state index contributed by atoms with van der Waals surface area (Å²) in [5, 5.41) is 0. The molecular weight excluding hydrogens is 183 g/mol. The molecule has 0 heterocycles. The van der Waals surface area contributed by atoms with Crippen LogP contribution in [-0.2, 0) is 16.1 Å². The van der Waals surface area contributed by atoms with Crippen molar-refractivity contribution in [2.45, 2.75) is 13.5 Å². The van der Waals surface area contributed by atoms with Crippen molar-refractivity contribution in [3.8, 4) is 0 Å². The van der Waals surface area contributed by atoms with Gasteiger partial charge in [0.1, 0.15) is 5.82 Å². The predicted octanol–water partition coefficient (Wildman–Crippen LogP) is 2.38. The Hall–Kier alpha value is -0.930. The second kappa shape index (κ2) is 6.51. The molecule has 0 N–H and O–H groups in total. The summed E-state index contributed by atoms with van der Waals surface area (Å²) in [7, 11) is 0. The van der Waals surface area contributed by atoms with Gasteiger partial charge in [0.15, 0.2) is 0 Å². The molecule has 14 heavy (non-hydrogen) atoms. The van der Waals surface area contributed by atoms with Gasteiger partial charge in [-0.2, -0.15) is 0 Å². The average Bonchev–Trinajstić information content (AvgIpc) is 2.18. The minimum atomic E-state index is -0.226. The molecule has 0 bridgehead atoms. The second-order valence-electron chi connectivity index (χ2n) is 2.88. The van der Waals surface area contributed by atoms with Gasteiger partial charge < -0.3 is 9.47 Å². The maximum atomic E-state index is 12.7. The van der Waals surface area contributed by atoms with Gasteiger partial charge in [-0.05, 0) is 24.6 Å². The summed E-state index contributed by atoms with van der Waals surface area (Å²) in [5.41, 5.74) is 0.849. The lowest BCUT2D eigenvalue weighted by Crippen LogP contribution is -2.03. The third kappa shape index (κ3) is 4.35. The van der Waals surface area contributed by atoms with Gasteiger partial charge in [0.05, 0.1) is 19.8 Å². The summed E-state index contributed by atoms with van der Waals surface area (Å²) >= 11 is 0. The smallest absolute Gasteiger partial charge is 0.123 e. The van der Waals surface area contributed by atoms with Gasteiger partial charge >= 0.3 is 0 Å². The zero-order chi connectivity index (χ0) is 10.2. The van der Waals surface area contributed by atoms with Crippen LogP contribution in [0.15, 0.2) is 24.3 Å². The minimum absolute atomic E-state index is 0.226. The van der Waals surface area contributed by atoms with E-state index in [0.29, 0.717) is 26.4 Å². The third-order valence-electron chi connectivity index (χ3n) is 1.73. The monoisotopic (exact) mass is 198 g/mol. The van der Waals surface area contributed by atoms with Crippen LogP contribution in [0.25, 0.3) is 0 Å². The van der Waals surface area contributed by atoms with Gasteiger partial charge in [-0.1, -0.05) is 12.1 Å². The maximum absolute atomic E-state index is 12.7. The first-order chi connectivity index (χ1) is 6.83. The molecule has 0 fully saturated rings. The molecule has 3 heteroatoms. The largest absolute Gasteiger partial charge is 0.379 e. The van der Waals surface area contributed by atoms with E-state index in [9.17, 15) is 4.39 Å². The van der Waals surface area contributed by atoms with E-state index in [1.165, 1.54) is 12.1 Å². The first-order valence-electron chi connectivity index (χ1n) is 4.73. The Bertz CT molecular complexity index is 263. The Morgan fingerprint density at radius 2 is 2.00 bits per heavy atom. The number of benzene rings is 1. The topological polar surface area (TPSA) is 18.5 Å². The Morgan fingerprint density at radius 1 is 1.21 bits per heavy atom. The fraction of sp³-hybridized carbons (Fsp3) is 0.455. The Kier molecular flexibility index (Phi) is 5.19. The Labute approximate surface area is 83.6 Å². The number of halogens is 1. The predicted molar refractivity (Wildman–Crippen MR) is 52.5 cm³/mol. The van der Waals surface area contributed by atoms with Gasteiger partial charge in [-0.25, -0.2) is 4.39 Å². The van der Waals surface area contributed by atoms with E-state index in [1.54, 1.807) is 6.07 Å². The first-order valence-corrected chi connectivity index (χ1v) is 4.73. The Balaban J connectivity index is 2.18. The van der Waals surface area contributed by atoms with Crippen LogP contribution in [-0.4, -0.2) is 19.8 Å². The summed E-state index contributed by atoms with van der Waals surface area (Å²) in [4.78, 5) is 0. The highest BCUT2D eigenvalue weighted by molar-refractivity contribution is 5.15. The molecule has 0 spiro atoms. The van der Waals surface area contributed by atoms with Crippen LogP contribution in [0.4, 0.5) is 4.39 Å². The quantitative estimate of drug-likeness (QED) is 0.653. The molecule has 1 aromatic carbocycles. The van der Waals surface area contributed by atoms with Crippen molar-refractivity contribution >= 4 is 0 Å². The lowest BCUT2D eigenvalue weighted by Gasteiger charge is -2.04. The van der Waals surface area contributed by atoms with Crippen LogP contribution in [0.1, 0.15) is 12.5 Å². The van der Waals surface area contributed by atoms with Crippen molar-refractivity contribution in [2.24, 2.45) is 0 Å². The van der Waals surface area contributed by atoms with E-state index in [2.05, 4.69) is 0 Å². The maximum Gasteiger partial charge on any atom is 0.123 e. The summed E-state index contributed by atoms with van der Waals surface area (Å²) in [6, 6.07) is 6.41. The van der Waals surface area contributed by atoms with Crippen molar-refractivity contribution in [3.05, 3.63) is 35.6 Å². The Morgan fingerprint density at radius 3 is 2.71 bits per heavy atom. The molecule has 1 aromatic rings. The molecule has 0 aliphatic carbocycles. The first kappa shape index (κ1) is 11.1. The van der Waals surface area contributed by atoms with Crippen molar-refractivity contribution in [1.82, 2.24) is 0 Å². The van der Waals surface area contributed by atoms with Gasteiger partial charge in [-0.3, -0.25) is 0 Å². The van der Waals surface area contributed by atoms with Crippen LogP contribution in [0.3, 0.4) is 0 Å². The molecule has 0 aromatic heterocycles. The molecule has 0 unspecified atom stereocenters. The molecule has 0 saturated heterocycles. The highest BCUT2D eigenvalue weighted by atomic mass is 19.1. The van der Waals surface area contributed by atoms with E-state index in [1.807, 2.05) is 13.0 Å². The van der Waals surface area contributed by atoms with E-state index in [0.717, 1.165) is 5.56 Å². The summed E-state index contributed by atoms with van der Waals surface area (Å²) < 4.78 is 23.1. The highest BCUT2D eigenvalue weighted by Gasteiger charge is 1.95. The van der Waals surface area contributed by atoms with E-state index >= 15 is 0 Å².